The van der Waals surface area contributed by atoms with Gasteiger partial charge in [0.1, 0.15) is 0 Å². The van der Waals surface area contributed by atoms with Crippen molar-refractivity contribution < 1.29 is 8.42 Å². The topological polar surface area (TPSA) is 54.3 Å². The fraction of sp³-hybridized carbons (Fsp3) is 0.529. The van der Waals surface area contributed by atoms with E-state index in [-0.39, 0.29) is 0 Å². The van der Waals surface area contributed by atoms with Crippen LogP contribution in [-0.2, 0) is 23.2 Å². The van der Waals surface area contributed by atoms with Crippen LogP contribution in [0, 0.1) is 12.8 Å². The number of hydrogen-bond acceptors (Lipinski definition) is 2. The quantitative estimate of drug-likeness (QED) is 0.844. The lowest BCUT2D eigenvalue weighted by Gasteiger charge is -2.11. The number of hydrogen-bond donors (Lipinski definition) is 1. The Labute approximate surface area is 139 Å². The molecule has 0 unspecified atom stereocenters. The van der Waals surface area contributed by atoms with Gasteiger partial charge >= 0.3 is 0 Å². The zero-order valence-corrected chi connectivity index (χ0v) is 15.4. The van der Waals surface area contributed by atoms with Crippen molar-refractivity contribution in [2.45, 2.75) is 33.7 Å². The molecule has 1 aromatic carbocycles. The Bertz CT molecular complexity index is 776. The van der Waals surface area contributed by atoms with Gasteiger partial charge in [-0.05, 0) is 30.4 Å². The number of nitrogens with one attached hydrogen (secondary N) is 1. The molecular weight excluding hydrogens is 310 g/mol. The van der Waals surface area contributed by atoms with Crippen LogP contribution in [0.3, 0.4) is 0 Å². The summed E-state index contributed by atoms with van der Waals surface area (Å²) in [5, 5.41) is 1.22. The number of nitrogens with zero attached hydrogens (tertiary/aromatic N) is 2. The van der Waals surface area contributed by atoms with Gasteiger partial charge in [0, 0.05) is 38.8 Å². The van der Waals surface area contributed by atoms with Crippen LogP contribution in [0.25, 0.3) is 10.9 Å². The second-order valence-electron chi connectivity index (χ2n) is 6.60. The summed E-state index contributed by atoms with van der Waals surface area (Å²) >= 11 is 0. The third-order valence-electron chi connectivity index (χ3n) is 3.90. The van der Waals surface area contributed by atoms with E-state index in [9.17, 15) is 8.42 Å². The Morgan fingerprint density at radius 3 is 2.57 bits per heavy atom. The van der Waals surface area contributed by atoms with Crippen LogP contribution >= 0.6 is 0 Å². The highest BCUT2D eigenvalue weighted by molar-refractivity contribution is 7.87. The minimum atomic E-state index is -3.37. The molecule has 1 N–H and O–H groups in total. The molecule has 0 radical (unpaired) electrons. The number of fused-ring (bicyclic) bond motifs is 1. The monoisotopic (exact) mass is 337 g/mol. The molecule has 2 rings (SSSR count). The van der Waals surface area contributed by atoms with Crippen molar-refractivity contribution in [2.75, 3.05) is 20.6 Å². The molecule has 0 fully saturated rings. The molecule has 6 heteroatoms. The van der Waals surface area contributed by atoms with Crippen LogP contribution in [0.4, 0.5) is 0 Å². The fourth-order valence-corrected chi connectivity index (χ4v) is 3.42. The summed E-state index contributed by atoms with van der Waals surface area (Å²) in [7, 11) is -0.309. The predicted octanol–water partition coefficient (Wildman–Crippen LogP) is 2.54. The molecule has 128 valence electrons. The average molecular weight is 337 g/mol. The van der Waals surface area contributed by atoms with Crippen LogP contribution < -0.4 is 4.72 Å². The van der Waals surface area contributed by atoms with E-state index in [0.717, 1.165) is 6.54 Å². The molecule has 0 atom stereocenters. The Hall–Kier alpha value is -1.37. The van der Waals surface area contributed by atoms with Crippen molar-refractivity contribution in [3.63, 3.8) is 0 Å². The molecule has 2 aromatic rings. The van der Waals surface area contributed by atoms with E-state index in [1.165, 1.54) is 40.4 Å². The third kappa shape index (κ3) is 4.13. The summed E-state index contributed by atoms with van der Waals surface area (Å²) in [6.07, 6.45) is 2.85. The second kappa shape index (κ2) is 7.03. The Kier molecular flexibility index (Phi) is 5.49. The maximum atomic E-state index is 11.8. The highest BCUT2D eigenvalue weighted by Gasteiger charge is 2.14. The van der Waals surface area contributed by atoms with Gasteiger partial charge in [0.25, 0.3) is 10.2 Å². The van der Waals surface area contributed by atoms with Crippen molar-refractivity contribution >= 4 is 21.1 Å². The van der Waals surface area contributed by atoms with Crippen molar-refractivity contribution in [1.82, 2.24) is 13.6 Å². The largest absolute Gasteiger partial charge is 0.347 e. The van der Waals surface area contributed by atoms with E-state index in [0.29, 0.717) is 18.9 Å². The maximum absolute atomic E-state index is 11.8. The molecule has 0 aliphatic carbocycles. The molecule has 0 bridgehead atoms. The fourth-order valence-electron chi connectivity index (χ4n) is 2.80. The SMILES string of the molecule is Cc1cccc2c(CCNS(=O)(=O)N(C)C)cn(CC(C)C)c12. The minimum absolute atomic E-state index is 0.398. The molecule has 0 spiro atoms. The van der Waals surface area contributed by atoms with Gasteiger partial charge in [0.15, 0.2) is 0 Å². The Morgan fingerprint density at radius 1 is 1.26 bits per heavy atom. The normalized spacial score (nSPS) is 12.7. The first kappa shape index (κ1) is 18.0. The molecule has 0 aliphatic heterocycles. The number of aromatic nitrogens is 1. The highest BCUT2D eigenvalue weighted by Crippen LogP contribution is 2.25. The molecule has 0 saturated heterocycles. The molecule has 0 aliphatic rings. The van der Waals surface area contributed by atoms with E-state index in [1.54, 1.807) is 0 Å². The maximum Gasteiger partial charge on any atom is 0.278 e. The Morgan fingerprint density at radius 2 is 1.96 bits per heavy atom. The van der Waals surface area contributed by atoms with Crippen molar-refractivity contribution in [3.05, 3.63) is 35.5 Å². The molecule has 1 heterocycles. The highest BCUT2D eigenvalue weighted by atomic mass is 32.2. The first-order valence-corrected chi connectivity index (χ1v) is 9.41. The number of benzene rings is 1. The van der Waals surface area contributed by atoms with Crippen molar-refractivity contribution in [3.8, 4) is 0 Å². The average Bonchev–Trinajstić information content (AvgIpc) is 2.77. The summed E-state index contributed by atoms with van der Waals surface area (Å²) in [4.78, 5) is 0. The van der Waals surface area contributed by atoms with Gasteiger partial charge in [0.05, 0.1) is 5.52 Å². The predicted molar refractivity (Wildman–Crippen MR) is 95.8 cm³/mol. The molecular formula is C17H27N3O2S. The Balaban J connectivity index is 2.26. The van der Waals surface area contributed by atoms with Gasteiger partial charge in [0.2, 0.25) is 0 Å². The van der Waals surface area contributed by atoms with Gasteiger partial charge in [-0.2, -0.15) is 12.7 Å². The standard InChI is InChI=1S/C17H27N3O2S/c1-13(2)11-20-12-15(9-10-18-23(21,22)19(4)5)16-8-6-7-14(3)17(16)20/h6-8,12-13,18H,9-11H2,1-5H3. The summed E-state index contributed by atoms with van der Waals surface area (Å²) in [5.41, 5.74) is 3.70. The van der Waals surface area contributed by atoms with Crippen molar-refractivity contribution in [2.24, 2.45) is 5.92 Å². The van der Waals surface area contributed by atoms with Gasteiger partial charge in [-0.3, -0.25) is 0 Å². The molecule has 5 nitrogen and oxygen atoms in total. The van der Waals surface area contributed by atoms with Crippen molar-refractivity contribution in [1.29, 1.82) is 0 Å². The van der Waals surface area contributed by atoms with Crippen LogP contribution in [-0.4, -0.2) is 37.9 Å². The van der Waals surface area contributed by atoms with Gasteiger partial charge in [-0.15, -0.1) is 0 Å². The number of aryl methyl sites for hydroxylation is 1. The van der Waals surface area contributed by atoms with Gasteiger partial charge < -0.3 is 4.57 Å². The zero-order valence-electron chi connectivity index (χ0n) is 14.6. The minimum Gasteiger partial charge on any atom is -0.347 e. The summed E-state index contributed by atoms with van der Waals surface area (Å²) in [6.45, 7) is 7.89. The molecule has 1 aromatic heterocycles. The van der Waals surface area contributed by atoms with Crippen LogP contribution in [0.2, 0.25) is 0 Å². The van der Waals surface area contributed by atoms with E-state index < -0.39 is 10.2 Å². The van der Waals surface area contributed by atoms with Crippen LogP contribution in [0.1, 0.15) is 25.0 Å². The van der Waals surface area contributed by atoms with Gasteiger partial charge in [-0.1, -0.05) is 32.0 Å². The molecule has 0 saturated carbocycles. The first-order chi connectivity index (χ1) is 10.7. The zero-order chi connectivity index (χ0) is 17.2. The smallest absolute Gasteiger partial charge is 0.278 e. The van der Waals surface area contributed by atoms with E-state index in [4.69, 9.17) is 0 Å². The summed E-state index contributed by atoms with van der Waals surface area (Å²) in [5.74, 6) is 0.560. The molecule has 0 amide bonds. The lowest BCUT2D eigenvalue weighted by molar-refractivity contribution is 0.506. The molecule has 23 heavy (non-hydrogen) atoms. The van der Waals surface area contributed by atoms with E-state index in [2.05, 4.69) is 54.5 Å². The number of para-hydroxylation sites is 1. The summed E-state index contributed by atoms with van der Waals surface area (Å²) < 4.78 is 29.7. The van der Waals surface area contributed by atoms with Crippen LogP contribution in [0.5, 0.6) is 0 Å². The lowest BCUT2D eigenvalue weighted by Crippen LogP contribution is -2.36. The first-order valence-electron chi connectivity index (χ1n) is 7.97. The van der Waals surface area contributed by atoms with Gasteiger partial charge in [-0.25, -0.2) is 4.72 Å². The van der Waals surface area contributed by atoms with E-state index >= 15 is 0 Å². The summed E-state index contributed by atoms with van der Waals surface area (Å²) in [6, 6.07) is 6.30. The third-order valence-corrected chi connectivity index (χ3v) is 5.43. The van der Waals surface area contributed by atoms with E-state index in [1.807, 2.05) is 0 Å². The van der Waals surface area contributed by atoms with Crippen LogP contribution in [0.15, 0.2) is 24.4 Å². The second-order valence-corrected chi connectivity index (χ2v) is 8.57. The number of rotatable bonds is 7. The lowest BCUT2D eigenvalue weighted by atomic mass is 10.1.